The summed E-state index contributed by atoms with van der Waals surface area (Å²) in [4.78, 5) is 48.0. The van der Waals surface area contributed by atoms with Crippen molar-refractivity contribution in [1.29, 1.82) is 0 Å². The summed E-state index contributed by atoms with van der Waals surface area (Å²) in [5.74, 6) is -2.41. The molecule has 3 aromatic heterocycles. The lowest BCUT2D eigenvalue weighted by Gasteiger charge is -2.23. The number of ether oxygens (including phenoxy) is 2. The number of esters is 1. The van der Waals surface area contributed by atoms with Gasteiger partial charge in [-0.3, -0.25) is 9.68 Å². The number of carbonyl (C=O) groups is 2. The van der Waals surface area contributed by atoms with Gasteiger partial charge in [0.1, 0.15) is 34.6 Å². The molecule has 0 amide bonds. The van der Waals surface area contributed by atoms with Crippen LogP contribution in [0, 0.1) is 6.92 Å². The zero-order valence-electron chi connectivity index (χ0n) is 19.7. The Balaban J connectivity index is 1.63. The van der Waals surface area contributed by atoms with Gasteiger partial charge in [-0.1, -0.05) is 0 Å². The van der Waals surface area contributed by atoms with Gasteiger partial charge in [-0.05, 0) is 45.9 Å². The first-order valence-electron chi connectivity index (χ1n) is 10.8. The van der Waals surface area contributed by atoms with Crippen LogP contribution in [0.15, 0.2) is 41.4 Å². The fraction of sp³-hybridized carbons (Fsp3) is 0.333. The third-order valence-corrected chi connectivity index (χ3v) is 6.33. The van der Waals surface area contributed by atoms with Gasteiger partial charge in [0.15, 0.2) is 5.92 Å². The van der Waals surface area contributed by atoms with E-state index >= 15 is 0 Å². The van der Waals surface area contributed by atoms with Crippen LogP contribution in [0.5, 0.6) is 5.75 Å². The summed E-state index contributed by atoms with van der Waals surface area (Å²) in [5, 5.41) is 5.78. The average molecular weight is 516 g/mol. The Morgan fingerprint density at radius 2 is 1.71 bits per heavy atom. The number of carbonyl (C=O) groups excluding carboxylic acids is 2. The molecular formula is C24H25N3O6S2. The van der Waals surface area contributed by atoms with Crippen molar-refractivity contribution in [2.75, 3.05) is 0 Å². The summed E-state index contributed by atoms with van der Waals surface area (Å²) in [6.45, 7) is 7.28. The highest BCUT2D eigenvalue weighted by Crippen LogP contribution is 2.34. The van der Waals surface area contributed by atoms with E-state index in [2.05, 4.69) is 15.0 Å². The van der Waals surface area contributed by atoms with Crippen LogP contribution in [-0.4, -0.2) is 32.5 Å². The van der Waals surface area contributed by atoms with Gasteiger partial charge in [0.25, 0.3) is 0 Å². The monoisotopic (exact) mass is 515 g/mol. The Bertz CT molecular complexity index is 1290. The normalized spacial score (nSPS) is 12.5. The number of hydrogen-bond acceptors (Lipinski definition) is 10. The predicted octanol–water partition coefficient (Wildman–Crippen LogP) is 5.07. The van der Waals surface area contributed by atoms with Crippen LogP contribution in [0.4, 0.5) is 0 Å². The molecule has 1 aromatic carbocycles. The molecule has 0 radical (unpaired) electrons. The van der Waals surface area contributed by atoms with Crippen LogP contribution < -0.4 is 4.74 Å². The van der Waals surface area contributed by atoms with E-state index in [-0.39, 0.29) is 6.61 Å². The quantitative estimate of drug-likeness (QED) is 0.142. The lowest BCUT2D eigenvalue weighted by molar-refractivity contribution is -0.281. The van der Waals surface area contributed by atoms with Crippen LogP contribution in [0.3, 0.4) is 0 Å². The molecule has 3 heterocycles. The number of nitrogens with one attached hydrogen (secondary N) is 1. The molecule has 184 valence electrons. The van der Waals surface area contributed by atoms with Crippen LogP contribution in [0.1, 0.15) is 48.0 Å². The van der Waals surface area contributed by atoms with E-state index in [1.165, 1.54) is 22.7 Å². The Kier molecular flexibility index (Phi) is 7.48. The SMILES string of the molecule is Cc1[nH]c2ccc(OCc3nccs3)cc2c1C(C(=O)OOCc1nccs1)C(=O)OC(C)(C)C. The van der Waals surface area contributed by atoms with Gasteiger partial charge in [0, 0.05) is 45.3 Å². The topological polar surface area (TPSA) is 113 Å². The van der Waals surface area contributed by atoms with E-state index in [1.807, 2.05) is 17.5 Å². The zero-order chi connectivity index (χ0) is 25.0. The molecule has 0 saturated carbocycles. The summed E-state index contributed by atoms with van der Waals surface area (Å²) in [6.07, 6.45) is 3.34. The Hall–Kier alpha value is -3.28. The summed E-state index contributed by atoms with van der Waals surface area (Å²) in [6, 6.07) is 5.43. The fourth-order valence-corrected chi connectivity index (χ4v) is 4.50. The second-order valence-corrected chi connectivity index (χ2v) is 10.6. The predicted molar refractivity (Wildman–Crippen MR) is 131 cm³/mol. The Labute approximate surface area is 210 Å². The third kappa shape index (κ3) is 6.24. The highest BCUT2D eigenvalue weighted by molar-refractivity contribution is 7.09. The van der Waals surface area contributed by atoms with E-state index in [4.69, 9.17) is 19.2 Å². The van der Waals surface area contributed by atoms with E-state index in [1.54, 1.807) is 51.5 Å². The number of H-pyrrole nitrogens is 1. The Morgan fingerprint density at radius 1 is 1.03 bits per heavy atom. The molecule has 4 aromatic rings. The number of hydrogen-bond donors (Lipinski definition) is 1. The summed E-state index contributed by atoms with van der Waals surface area (Å²) >= 11 is 2.86. The van der Waals surface area contributed by atoms with Crippen molar-refractivity contribution in [2.45, 2.75) is 52.4 Å². The first-order chi connectivity index (χ1) is 16.7. The lowest BCUT2D eigenvalue weighted by atomic mass is 9.95. The van der Waals surface area contributed by atoms with Gasteiger partial charge >= 0.3 is 11.9 Å². The molecule has 0 spiro atoms. The molecule has 0 bridgehead atoms. The van der Waals surface area contributed by atoms with Gasteiger partial charge in [-0.25, -0.2) is 14.8 Å². The molecule has 35 heavy (non-hydrogen) atoms. The lowest BCUT2D eigenvalue weighted by Crippen LogP contribution is -2.32. The van der Waals surface area contributed by atoms with Crippen LogP contribution >= 0.6 is 22.7 Å². The average Bonchev–Trinajstić information content (AvgIpc) is 3.54. The van der Waals surface area contributed by atoms with Crippen LogP contribution in [0.2, 0.25) is 0 Å². The third-order valence-electron chi connectivity index (χ3n) is 4.83. The van der Waals surface area contributed by atoms with E-state index < -0.39 is 23.5 Å². The minimum absolute atomic E-state index is 0.0218. The maximum atomic E-state index is 13.2. The van der Waals surface area contributed by atoms with Crippen LogP contribution in [-0.2, 0) is 37.3 Å². The largest absolute Gasteiger partial charge is 0.486 e. The van der Waals surface area contributed by atoms with Crippen molar-refractivity contribution < 1.29 is 28.8 Å². The van der Waals surface area contributed by atoms with Gasteiger partial charge in [-0.15, -0.1) is 22.7 Å². The minimum Gasteiger partial charge on any atom is -0.486 e. The summed E-state index contributed by atoms with van der Waals surface area (Å²) < 4.78 is 11.5. The van der Waals surface area contributed by atoms with Gasteiger partial charge in [-0.2, -0.15) is 4.89 Å². The second-order valence-electron chi connectivity index (χ2n) is 8.64. The van der Waals surface area contributed by atoms with Crippen molar-refractivity contribution in [3.8, 4) is 5.75 Å². The smallest absolute Gasteiger partial charge is 0.361 e. The number of aromatic amines is 1. The number of aromatic nitrogens is 3. The van der Waals surface area contributed by atoms with Crippen molar-refractivity contribution in [2.24, 2.45) is 0 Å². The Morgan fingerprint density at radius 3 is 2.34 bits per heavy atom. The van der Waals surface area contributed by atoms with Crippen molar-refractivity contribution in [1.82, 2.24) is 15.0 Å². The highest BCUT2D eigenvalue weighted by atomic mass is 32.1. The van der Waals surface area contributed by atoms with E-state index in [0.29, 0.717) is 34.0 Å². The number of fused-ring (bicyclic) bond motifs is 1. The molecule has 11 heteroatoms. The first-order valence-corrected chi connectivity index (χ1v) is 12.5. The highest BCUT2D eigenvalue weighted by Gasteiger charge is 2.38. The van der Waals surface area contributed by atoms with Crippen molar-refractivity contribution >= 4 is 45.5 Å². The minimum atomic E-state index is -1.37. The fourth-order valence-electron chi connectivity index (χ4n) is 3.46. The maximum absolute atomic E-state index is 13.2. The van der Waals surface area contributed by atoms with Crippen LogP contribution in [0.25, 0.3) is 10.9 Å². The van der Waals surface area contributed by atoms with E-state index in [9.17, 15) is 9.59 Å². The summed E-state index contributed by atoms with van der Waals surface area (Å²) in [5.41, 5.74) is 1.00. The number of rotatable bonds is 9. The van der Waals surface area contributed by atoms with Gasteiger partial charge in [0.2, 0.25) is 0 Å². The molecule has 1 N–H and O–H groups in total. The van der Waals surface area contributed by atoms with Crippen molar-refractivity contribution in [3.05, 3.63) is 62.6 Å². The molecule has 4 rings (SSSR count). The number of benzene rings is 1. The van der Waals surface area contributed by atoms with Gasteiger partial charge in [0.05, 0.1) is 0 Å². The molecule has 1 unspecified atom stereocenters. The molecule has 1 atom stereocenters. The van der Waals surface area contributed by atoms with Crippen molar-refractivity contribution in [3.63, 3.8) is 0 Å². The standard InChI is InChI=1S/C24H25N3O6S2/c1-14-20(16-11-15(5-6-17(16)27-14)30-12-18-25-7-9-34-18)21(22(28)32-24(2,3)4)23(29)33-31-13-19-26-8-10-35-19/h5-11,21,27H,12-13H2,1-4H3. The molecule has 0 aliphatic heterocycles. The maximum Gasteiger partial charge on any atom is 0.361 e. The molecule has 0 aliphatic rings. The number of nitrogens with zero attached hydrogens (tertiary/aromatic N) is 2. The number of thiazole rings is 2. The number of aryl methyl sites for hydroxylation is 1. The molecule has 0 aliphatic carbocycles. The van der Waals surface area contributed by atoms with E-state index in [0.717, 1.165) is 10.5 Å². The molecule has 0 fully saturated rings. The van der Waals surface area contributed by atoms with Gasteiger partial charge < -0.3 is 14.5 Å². The molecule has 0 saturated heterocycles. The summed E-state index contributed by atoms with van der Waals surface area (Å²) in [7, 11) is 0. The zero-order valence-corrected chi connectivity index (χ0v) is 21.3. The second kappa shape index (κ2) is 10.5. The molecular weight excluding hydrogens is 490 g/mol. The first kappa shape index (κ1) is 24.8. The molecule has 9 nitrogen and oxygen atoms in total.